The molecule has 3 aromatic rings. The molecule has 2 heterocycles. The van der Waals surface area contributed by atoms with Crippen LogP contribution in [-0.4, -0.2) is 34.4 Å². The van der Waals surface area contributed by atoms with Crippen LogP contribution in [0.25, 0.3) is 10.9 Å². The lowest BCUT2D eigenvalue weighted by molar-refractivity contribution is -0.146. The van der Waals surface area contributed by atoms with Crippen molar-refractivity contribution in [1.82, 2.24) is 9.88 Å². The summed E-state index contributed by atoms with van der Waals surface area (Å²) in [5, 5.41) is 1.07. The Bertz CT molecular complexity index is 986. The largest absolute Gasteiger partial charge is 0.444 e. The number of esters is 1. The molecule has 0 saturated carbocycles. The Hall–Kier alpha value is -3.41. The zero-order chi connectivity index (χ0) is 18.1. The predicted octanol–water partition coefficient (Wildman–Crippen LogP) is 2.90. The number of carbonyl (C=O) groups excluding carboxylic acids is 3. The highest BCUT2D eigenvalue weighted by molar-refractivity contribution is 6.21. The van der Waals surface area contributed by atoms with E-state index in [1.165, 1.54) is 0 Å². The predicted molar refractivity (Wildman–Crippen MR) is 94.5 cm³/mol. The van der Waals surface area contributed by atoms with Gasteiger partial charge in [0, 0.05) is 23.5 Å². The Kier molecular flexibility index (Phi) is 4.01. The molecule has 0 aliphatic carbocycles. The van der Waals surface area contributed by atoms with Crippen molar-refractivity contribution in [3.8, 4) is 0 Å². The summed E-state index contributed by atoms with van der Waals surface area (Å²) in [5.74, 6) is -1.32. The number of carbonyl (C=O) groups is 3. The Balaban J connectivity index is 1.35. The van der Waals surface area contributed by atoms with Crippen molar-refractivity contribution in [3.05, 3.63) is 71.4 Å². The van der Waals surface area contributed by atoms with Gasteiger partial charge in [-0.05, 0) is 30.2 Å². The summed E-state index contributed by atoms with van der Waals surface area (Å²) in [6.07, 6.45) is 2.57. The van der Waals surface area contributed by atoms with Gasteiger partial charge in [0.05, 0.1) is 11.1 Å². The Morgan fingerprint density at radius 1 is 0.962 bits per heavy atom. The highest BCUT2D eigenvalue weighted by Crippen LogP contribution is 2.22. The first-order chi connectivity index (χ1) is 12.6. The standard InChI is InChI=1S/C20H16N2O4/c23-18(10-9-13-11-21-17-8-4-3-5-14(13)17)26-12-22-19(24)15-6-1-2-7-16(15)20(22)25/h1-8,11,21H,9-10,12H2. The number of amides is 2. The molecule has 6 nitrogen and oxygen atoms in total. The van der Waals surface area contributed by atoms with Crippen LogP contribution in [0.15, 0.2) is 54.7 Å². The van der Waals surface area contributed by atoms with Gasteiger partial charge in [0.25, 0.3) is 11.8 Å². The number of nitrogens with zero attached hydrogens (tertiary/aromatic N) is 1. The molecule has 130 valence electrons. The van der Waals surface area contributed by atoms with Gasteiger partial charge < -0.3 is 9.72 Å². The molecule has 0 fully saturated rings. The quantitative estimate of drug-likeness (QED) is 0.568. The molecule has 1 aliphatic heterocycles. The summed E-state index contributed by atoms with van der Waals surface area (Å²) in [6.45, 7) is -0.362. The van der Waals surface area contributed by atoms with Crippen molar-refractivity contribution in [2.75, 3.05) is 6.73 Å². The smallest absolute Gasteiger partial charge is 0.307 e. The van der Waals surface area contributed by atoms with Crippen LogP contribution >= 0.6 is 0 Å². The molecule has 0 saturated heterocycles. The molecule has 2 aromatic carbocycles. The van der Waals surface area contributed by atoms with E-state index in [2.05, 4.69) is 4.98 Å². The first-order valence-corrected chi connectivity index (χ1v) is 8.31. The van der Waals surface area contributed by atoms with Gasteiger partial charge in [-0.2, -0.15) is 0 Å². The second-order valence-electron chi connectivity index (χ2n) is 6.09. The topological polar surface area (TPSA) is 79.5 Å². The van der Waals surface area contributed by atoms with Gasteiger partial charge in [-0.15, -0.1) is 0 Å². The van der Waals surface area contributed by atoms with Crippen LogP contribution in [0.2, 0.25) is 0 Å². The molecule has 1 aromatic heterocycles. The lowest BCUT2D eigenvalue weighted by Crippen LogP contribution is -2.33. The van der Waals surface area contributed by atoms with Crippen molar-refractivity contribution in [1.29, 1.82) is 0 Å². The normalized spacial score (nSPS) is 13.3. The van der Waals surface area contributed by atoms with Gasteiger partial charge >= 0.3 is 5.97 Å². The zero-order valence-electron chi connectivity index (χ0n) is 13.9. The molecule has 1 aliphatic rings. The lowest BCUT2D eigenvalue weighted by Gasteiger charge is -2.13. The number of benzene rings is 2. The average Bonchev–Trinajstić information content (AvgIpc) is 3.19. The summed E-state index contributed by atoms with van der Waals surface area (Å²) in [4.78, 5) is 40.6. The van der Waals surface area contributed by atoms with Gasteiger partial charge in [0.2, 0.25) is 0 Å². The molecule has 4 rings (SSSR count). The number of rotatable bonds is 5. The van der Waals surface area contributed by atoms with Crippen LogP contribution in [0.1, 0.15) is 32.7 Å². The van der Waals surface area contributed by atoms with E-state index in [9.17, 15) is 14.4 Å². The molecule has 0 atom stereocenters. The van der Waals surface area contributed by atoms with E-state index in [4.69, 9.17) is 4.74 Å². The van der Waals surface area contributed by atoms with Crippen molar-refractivity contribution in [2.45, 2.75) is 12.8 Å². The van der Waals surface area contributed by atoms with Crippen molar-refractivity contribution < 1.29 is 19.1 Å². The van der Waals surface area contributed by atoms with Crippen LogP contribution in [0.5, 0.6) is 0 Å². The maximum absolute atomic E-state index is 12.2. The second kappa shape index (κ2) is 6.48. The first kappa shape index (κ1) is 16.1. The molecule has 0 unspecified atom stereocenters. The van der Waals surface area contributed by atoms with Crippen molar-refractivity contribution >= 4 is 28.7 Å². The number of ether oxygens (including phenoxy) is 1. The summed E-state index contributed by atoms with van der Waals surface area (Å²) in [5.41, 5.74) is 2.72. The van der Waals surface area contributed by atoms with Crippen molar-refractivity contribution in [3.63, 3.8) is 0 Å². The average molecular weight is 348 g/mol. The number of hydrogen-bond acceptors (Lipinski definition) is 4. The number of imide groups is 1. The number of hydrogen-bond donors (Lipinski definition) is 1. The molecule has 1 N–H and O–H groups in total. The summed E-state index contributed by atoms with van der Waals surface area (Å²) < 4.78 is 5.14. The number of fused-ring (bicyclic) bond motifs is 2. The molecular weight excluding hydrogens is 332 g/mol. The fourth-order valence-electron chi connectivity index (χ4n) is 3.14. The van der Waals surface area contributed by atoms with E-state index < -0.39 is 17.8 Å². The molecule has 0 radical (unpaired) electrons. The number of aromatic nitrogens is 1. The van der Waals surface area contributed by atoms with Crippen LogP contribution in [0.4, 0.5) is 0 Å². The number of aromatic amines is 1. The van der Waals surface area contributed by atoms with E-state index in [0.29, 0.717) is 17.5 Å². The van der Waals surface area contributed by atoms with Crippen LogP contribution in [-0.2, 0) is 16.0 Å². The van der Waals surface area contributed by atoms with E-state index in [-0.39, 0.29) is 13.2 Å². The second-order valence-corrected chi connectivity index (χ2v) is 6.09. The Labute approximate surface area is 149 Å². The van der Waals surface area contributed by atoms with Crippen LogP contribution < -0.4 is 0 Å². The van der Waals surface area contributed by atoms with Gasteiger partial charge in [-0.3, -0.25) is 14.4 Å². The third kappa shape index (κ3) is 2.75. The van der Waals surface area contributed by atoms with Crippen LogP contribution in [0, 0.1) is 0 Å². The third-order valence-electron chi connectivity index (χ3n) is 4.51. The van der Waals surface area contributed by atoms with Gasteiger partial charge in [-0.25, -0.2) is 4.90 Å². The minimum absolute atomic E-state index is 0.172. The molecule has 26 heavy (non-hydrogen) atoms. The Morgan fingerprint density at radius 2 is 1.62 bits per heavy atom. The summed E-state index contributed by atoms with van der Waals surface area (Å²) in [6, 6.07) is 14.4. The minimum Gasteiger partial charge on any atom is -0.444 e. The van der Waals surface area contributed by atoms with E-state index >= 15 is 0 Å². The highest BCUT2D eigenvalue weighted by Gasteiger charge is 2.35. The monoisotopic (exact) mass is 348 g/mol. The van der Waals surface area contributed by atoms with Gasteiger partial charge in [-0.1, -0.05) is 30.3 Å². The van der Waals surface area contributed by atoms with Gasteiger partial charge in [0.1, 0.15) is 0 Å². The SMILES string of the molecule is O=C(CCc1c[nH]c2ccccc12)OCN1C(=O)c2ccccc2C1=O. The maximum atomic E-state index is 12.2. The molecule has 0 spiro atoms. The lowest BCUT2D eigenvalue weighted by atomic mass is 10.1. The van der Waals surface area contributed by atoms with E-state index in [1.807, 2.05) is 30.5 Å². The maximum Gasteiger partial charge on any atom is 0.307 e. The molecule has 0 bridgehead atoms. The zero-order valence-corrected chi connectivity index (χ0v) is 13.9. The van der Waals surface area contributed by atoms with Gasteiger partial charge in [0.15, 0.2) is 6.73 Å². The highest BCUT2D eigenvalue weighted by atomic mass is 16.5. The summed E-state index contributed by atoms with van der Waals surface area (Å²) in [7, 11) is 0. The fraction of sp³-hybridized carbons (Fsp3) is 0.150. The molecule has 6 heteroatoms. The van der Waals surface area contributed by atoms with E-state index in [1.54, 1.807) is 24.3 Å². The number of H-pyrrole nitrogens is 1. The fourth-order valence-corrected chi connectivity index (χ4v) is 3.14. The van der Waals surface area contributed by atoms with Crippen molar-refractivity contribution in [2.24, 2.45) is 0 Å². The molecular formula is C20H16N2O4. The minimum atomic E-state index is -0.452. The van der Waals surface area contributed by atoms with E-state index in [0.717, 1.165) is 21.4 Å². The third-order valence-corrected chi connectivity index (χ3v) is 4.51. The van der Waals surface area contributed by atoms with Crippen LogP contribution in [0.3, 0.4) is 0 Å². The number of aryl methyl sites for hydroxylation is 1. The summed E-state index contributed by atoms with van der Waals surface area (Å²) >= 11 is 0. The number of para-hydroxylation sites is 1. The molecule has 2 amide bonds. The number of nitrogens with one attached hydrogen (secondary N) is 1. The Morgan fingerprint density at radius 3 is 2.35 bits per heavy atom. The first-order valence-electron chi connectivity index (χ1n) is 8.31.